The van der Waals surface area contributed by atoms with Gasteiger partial charge in [0.1, 0.15) is 11.4 Å². The van der Waals surface area contributed by atoms with Crippen molar-refractivity contribution in [2.45, 2.75) is 0 Å². The maximum absolute atomic E-state index is 12.7. The summed E-state index contributed by atoms with van der Waals surface area (Å²) < 4.78 is 5.90. The van der Waals surface area contributed by atoms with Gasteiger partial charge in [-0.15, -0.1) is 5.10 Å². The largest absolute Gasteiger partial charge is 0.508 e. The Kier molecular flexibility index (Phi) is 4.68. The van der Waals surface area contributed by atoms with Crippen LogP contribution in [0.15, 0.2) is 64.3 Å². The quantitative estimate of drug-likeness (QED) is 0.340. The maximum atomic E-state index is 12.7. The van der Waals surface area contributed by atoms with Gasteiger partial charge in [-0.25, -0.2) is 10.1 Å². The van der Waals surface area contributed by atoms with E-state index in [0.717, 1.165) is 0 Å². The second kappa shape index (κ2) is 7.60. The molecule has 144 valence electrons. The van der Waals surface area contributed by atoms with E-state index in [4.69, 9.17) is 5.73 Å². The predicted octanol–water partition coefficient (Wildman–Crippen LogP) is 1.37. The van der Waals surface area contributed by atoms with Gasteiger partial charge in [0.15, 0.2) is 5.69 Å². The number of anilines is 1. The molecule has 0 unspecified atom stereocenters. The number of benzene rings is 2. The highest BCUT2D eigenvalue weighted by Crippen LogP contribution is 2.26. The lowest BCUT2D eigenvalue weighted by Gasteiger charge is -2.05. The number of nitrogens with zero attached hydrogens (tertiary/aromatic N) is 6. The second-order valence-electron chi connectivity index (χ2n) is 5.83. The molecule has 0 saturated carbocycles. The number of phenolic OH excluding ortho intramolecular Hbond substituents is 1. The summed E-state index contributed by atoms with van der Waals surface area (Å²) in [5.74, 6) is -0.394. The van der Waals surface area contributed by atoms with E-state index in [1.807, 2.05) is 6.07 Å². The molecule has 0 spiro atoms. The third kappa shape index (κ3) is 3.64. The van der Waals surface area contributed by atoms with Crippen molar-refractivity contribution < 1.29 is 14.5 Å². The molecule has 0 aliphatic rings. The van der Waals surface area contributed by atoms with Gasteiger partial charge in [0.25, 0.3) is 5.91 Å². The fourth-order valence-electron chi connectivity index (χ4n) is 2.60. The Morgan fingerprint density at radius 1 is 1.17 bits per heavy atom. The smallest absolute Gasteiger partial charge is 0.294 e. The number of hydrazone groups is 1. The molecule has 0 bridgehead atoms. The molecule has 2 heterocycles. The minimum atomic E-state index is -0.596. The molecule has 0 radical (unpaired) electrons. The zero-order valence-electron chi connectivity index (χ0n) is 14.8. The van der Waals surface area contributed by atoms with Crippen LogP contribution < -0.4 is 11.2 Å². The molecule has 0 aliphatic heterocycles. The van der Waals surface area contributed by atoms with Crippen LogP contribution in [0, 0.1) is 0 Å². The summed E-state index contributed by atoms with van der Waals surface area (Å²) in [6.45, 7) is 0. The summed E-state index contributed by atoms with van der Waals surface area (Å²) >= 11 is 0. The standard InChI is InChI=1S/C18H14N8O3/c19-16-17(24-29-23-16)26-15(12-6-2-1-3-7-12)14(21-25-26)18(28)22-20-10-11-5-4-8-13(27)9-11/h1-10,27H,(H2,19,23)(H,22,28). The number of amides is 1. The zero-order valence-corrected chi connectivity index (χ0v) is 14.8. The van der Waals surface area contributed by atoms with Gasteiger partial charge in [-0.3, -0.25) is 4.79 Å². The van der Waals surface area contributed by atoms with E-state index in [-0.39, 0.29) is 23.1 Å². The summed E-state index contributed by atoms with van der Waals surface area (Å²) in [7, 11) is 0. The predicted molar refractivity (Wildman–Crippen MR) is 102 cm³/mol. The Labute approximate surface area is 163 Å². The molecule has 29 heavy (non-hydrogen) atoms. The van der Waals surface area contributed by atoms with Crippen LogP contribution in [0.2, 0.25) is 0 Å². The van der Waals surface area contributed by atoms with Crippen LogP contribution in [0.4, 0.5) is 5.82 Å². The lowest BCUT2D eigenvalue weighted by Crippen LogP contribution is -2.19. The second-order valence-corrected chi connectivity index (χ2v) is 5.83. The number of rotatable bonds is 5. The van der Waals surface area contributed by atoms with Gasteiger partial charge in [-0.1, -0.05) is 47.7 Å². The van der Waals surface area contributed by atoms with Crippen molar-refractivity contribution >= 4 is 17.9 Å². The molecule has 11 nitrogen and oxygen atoms in total. The highest BCUT2D eigenvalue weighted by Gasteiger charge is 2.24. The third-order valence-corrected chi connectivity index (χ3v) is 3.88. The summed E-state index contributed by atoms with van der Waals surface area (Å²) in [5.41, 5.74) is 9.77. The zero-order chi connectivity index (χ0) is 20.2. The molecule has 2 aromatic heterocycles. The minimum Gasteiger partial charge on any atom is -0.508 e. The average molecular weight is 390 g/mol. The molecule has 0 saturated heterocycles. The van der Waals surface area contributed by atoms with Gasteiger partial charge in [-0.05, 0) is 28.0 Å². The van der Waals surface area contributed by atoms with E-state index in [1.165, 1.54) is 23.0 Å². The van der Waals surface area contributed by atoms with Crippen molar-refractivity contribution in [2.24, 2.45) is 5.10 Å². The Bertz CT molecular complexity index is 1180. The number of hydrogen-bond donors (Lipinski definition) is 3. The maximum Gasteiger partial charge on any atom is 0.294 e. The van der Waals surface area contributed by atoms with E-state index in [1.54, 1.807) is 36.4 Å². The SMILES string of the molecule is Nc1nonc1-n1nnc(C(=O)NN=Cc2cccc(O)c2)c1-c1ccccc1. The number of nitrogen functional groups attached to an aromatic ring is 1. The van der Waals surface area contributed by atoms with E-state index in [9.17, 15) is 9.90 Å². The number of carbonyl (C=O) groups excluding carboxylic acids is 1. The monoisotopic (exact) mass is 390 g/mol. The first-order valence-electron chi connectivity index (χ1n) is 8.35. The van der Waals surface area contributed by atoms with E-state index in [2.05, 4.69) is 35.8 Å². The number of hydrogen-bond acceptors (Lipinski definition) is 9. The fraction of sp³-hybridized carbons (Fsp3) is 0. The summed E-state index contributed by atoms with van der Waals surface area (Å²) in [4.78, 5) is 12.7. The molecule has 0 aliphatic carbocycles. The lowest BCUT2D eigenvalue weighted by atomic mass is 10.1. The highest BCUT2D eigenvalue weighted by atomic mass is 16.6. The van der Waals surface area contributed by atoms with Crippen LogP contribution in [0.25, 0.3) is 17.1 Å². The summed E-state index contributed by atoms with van der Waals surface area (Å²) in [5, 5.41) is 28.6. The minimum absolute atomic E-state index is 0.000875. The van der Waals surface area contributed by atoms with Crippen molar-refractivity contribution in [3.63, 3.8) is 0 Å². The highest BCUT2D eigenvalue weighted by molar-refractivity contribution is 5.98. The molecule has 4 rings (SSSR count). The number of nitrogens with one attached hydrogen (secondary N) is 1. The molecular weight excluding hydrogens is 376 g/mol. The van der Waals surface area contributed by atoms with Crippen molar-refractivity contribution in [2.75, 3.05) is 5.73 Å². The number of aromatic hydroxyl groups is 1. The topological polar surface area (TPSA) is 157 Å². The molecule has 2 aromatic carbocycles. The van der Waals surface area contributed by atoms with E-state index in [0.29, 0.717) is 16.8 Å². The Morgan fingerprint density at radius 2 is 2.00 bits per heavy atom. The first-order valence-corrected chi connectivity index (χ1v) is 8.35. The summed E-state index contributed by atoms with van der Waals surface area (Å²) in [6.07, 6.45) is 1.39. The van der Waals surface area contributed by atoms with Crippen LogP contribution in [0.1, 0.15) is 16.1 Å². The van der Waals surface area contributed by atoms with Crippen molar-refractivity contribution in [1.29, 1.82) is 0 Å². The molecule has 0 atom stereocenters. The van der Waals surface area contributed by atoms with Crippen molar-refractivity contribution in [3.8, 4) is 22.8 Å². The van der Waals surface area contributed by atoms with Crippen LogP contribution in [-0.4, -0.2) is 42.5 Å². The van der Waals surface area contributed by atoms with E-state index >= 15 is 0 Å². The van der Waals surface area contributed by atoms with Gasteiger partial charge >= 0.3 is 0 Å². The van der Waals surface area contributed by atoms with Gasteiger partial charge in [0.05, 0.1) is 6.21 Å². The molecule has 4 N–H and O–H groups in total. The van der Waals surface area contributed by atoms with Crippen LogP contribution in [0.3, 0.4) is 0 Å². The fourth-order valence-corrected chi connectivity index (χ4v) is 2.60. The van der Waals surface area contributed by atoms with Crippen LogP contribution in [0.5, 0.6) is 5.75 Å². The van der Waals surface area contributed by atoms with Gasteiger partial charge in [-0.2, -0.15) is 9.78 Å². The Morgan fingerprint density at radius 3 is 2.72 bits per heavy atom. The molecule has 11 heteroatoms. The first-order chi connectivity index (χ1) is 14.1. The van der Waals surface area contributed by atoms with Gasteiger partial charge < -0.3 is 10.8 Å². The molecule has 4 aromatic rings. The molecular formula is C18H14N8O3. The number of aromatic nitrogens is 5. The molecule has 1 amide bonds. The Balaban J connectivity index is 1.67. The van der Waals surface area contributed by atoms with Crippen molar-refractivity contribution in [3.05, 3.63) is 65.9 Å². The number of nitrogens with two attached hydrogens (primary N) is 1. The average Bonchev–Trinajstić information content (AvgIpc) is 3.34. The molecule has 0 fully saturated rings. The van der Waals surface area contributed by atoms with Crippen LogP contribution in [-0.2, 0) is 0 Å². The van der Waals surface area contributed by atoms with E-state index < -0.39 is 5.91 Å². The Hall–Kier alpha value is -4.54. The van der Waals surface area contributed by atoms with Crippen molar-refractivity contribution in [1.82, 2.24) is 30.7 Å². The number of carbonyl (C=O) groups is 1. The number of phenols is 1. The van der Waals surface area contributed by atoms with Gasteiger partial charge in [0, 0.05) is 5.56 Å². The normalized spacial score (nSPS) is 11.0. The lowest BCUT2D eigenvalue weighted by molar-refractivity contribution is 0.0950. The van der Waals surface area contributed by atoms with Crippen LogP contribution >= 0.6 is 0 Å². The first kappa shape index (κ1) is 17.9. The van der Waals surface area contributed by atoms with Gasteiger partial charge in [0.2, 0.25) is 11.6 Å². The third-order valence-electron chi connectivity index (χ3n) is 3.88. The summed E-state index contributed by atoms with van der Waals surface area (Å²) in [6, 6.07) is 15.4.